The predicted octanol–water partition coefficient (Wildman–Crippen LogP) is 3.35. The predicted molar refractivity (Wildman–Crippen MR) is 76.6 cm³/mol. The summed E-state index contributed by atoms with van der Waals surface area (Å²) in [5.74, 6) is 1.81. The lowest BCUT2D eigenvalue weighted by molar-refractivity contribution is 0.0793. The summed E-state index contributed by atoms with van der Waals surface area (Å²) < 4.78 is 0. The standard InChI is InChI=1S/C16H31NO/c1-14-6-5-7-15(10-14)11-17-12-16(13-18)8-3-2-4-9-16/h14-15,17-18H,2-13H2,1H3. The van der Waals surface area contributed by atoms with E-state index in [0.29, 0.717) is 6.61 Å². The Morgan fingerprint density at radius 3 is 2.56 bits per heavy atom. The van der Waals surface area contributed by atoms with Crippen LogP contribution in [0.15, 0.2) is 0 Å². The Balaban J connectivity index is 1.69. The van der Waals surface area contributed by atoms with Crippen molar-refractivity contribution in [1.29, 1.82) is 0 Å². The van der Waals surface area contributed by atoms with Crippen molar-refractivity contribution in [2.24, 2.45) is 17.3 Å². The van der Waals surface area contributed by atoms with Gasteiger partial charge in [-0.15, -0.1) is 0 Å². The average Bonchev–Trinajstić information content (AvgIpc) is 2.40. The largest absolute Gasteiger partial charge is 0.396 e. The van der Waals surface area contributed by atoms with E-state index in [4.69, 9.17) is 0 Å². The lowest BCUT2D eigenvalue weighted by Gasteiger charge is -2.36. The van der Waals surface area contributed by atoms with Gasteiger partial charge in [0.2, 0.25) is 0 Å². The first-order valence-electron chi connectivity index (χ1n) is 8.06. The fourth-order valence-electron chi connectivity index (χ4n) is 3.98. The van der Waals surface area contributed by atoms with Crippen LogP contribution in [0.3, 0.4) is 0 Å². The molecule has 106 valence electrons. The van der Waals surface area contributed by atoms with Crippen LogP contribution >= 0.6 is 0 Å². The molecule has 0 radical (unpaired) electrons. The summed E-state index contributed by atoms with van der Waals surface area (Å²) >= 11 is 0. The van der Waals surface area contributed by atoms with E-state index < -0.39 is 0 Å². The molecule has 2 fully saturated rings. The average molecular weight is 253 g/mol. The Morgan fingerprint density at radius 2 is 1.89 bits per heavy atom. The van der Waals surface area contributed by atoms with Crippen LogP contribution in [0.2, 0.25) is 0 Å². The molecule has 0 aromatic carbocycles. The molecule has 2 unspecified atom stereocenters. The maximum atomic E-state index is 9.68. The molecule has 2 N–H and O–H groups in total. The van der Waals surface area contributed by atoms with Crippen molar-refractivity contribution >= 4 is 0 Å². The summed E-state index contributed by atoms with van der Waals surface area (Å²) in [5, 5.41) is 13.4. The van der Waals surface area contributed by atoms with Crippen molar-refractivity contribution in [2.75, 3.05) is 19.7 Å². The van der Waals surface area contributed by atoms with E-state index in [2.05, 4.69) is 12.2 Å². The number of hydrogen-bond donors (Lipinski definition) is 2. The van der Waals surface area contributed by atoms with Crippen molar-refractivity contribution in [3.8, 4) is 0 Å². The zero-order valence-electron chi connectivity index (χ0n) is 12.1. The van der Waals surface area contributed by atoms with Gasteiger partial charge >= 0.3 is 0 Å². The molecule has 2 aliphatic rings. The number of aliphatic hydroxyl groups is 1. The Bertz CT molecular complexity index is 235. The zero-order chi connectivity index (χ0) is 12.8. The summed E-state index contributed by atoms with van der Waals surface area (Å²) in [6.45, 7) is 4.98. The molecule has 2 nitrogen and oxygen atoms in total. The second kappa shape index (κ2) is 6.91. The third kappa shape index (κ3) is 3.96. The van der Waals surface area contributed by atoms with Crippen LogP contribution in [-0.4, -0.2) is 24.8 Å². The van der Waals surface area contributed by atoms with Gasteiger partial charge in [0.15, 0.2) is 0 Å². The molecule has 0 amide bonds. The monoisotopic (exact) mass is 253 g/mol. The third-order valence-electron chi connectivity index (χ3n) is 5.23. The van der Waals surface area contributed by atoms with Crippen molar-refractivity contribution in [3.05, 3.63) is 0 Å². The van der Waals surface area contributed by atoms with Gasteiger partial charge in [0.05, 0.1) is 0 Å². The van der Waals surface area contributed by atoms with Crippen molar-refractivity contribution < 1.29 is 5.11 Å². The molecule has 18 heavy (non-hydrogen) atoms. The molecule has 0 saturated heterocycles. The minimum Gasteiger partial charge on any atom is -0.396 e. The van der Waals surface area contributed by atoms with Crippen LogP contribution in [-0.2, 0) is 0 Å². The van der Waals surface area contributed by atoms with E-state index in [1.807, 2.05) is 0 Å². The summed E-state index contributed by atoms with van der Waals surface area (Å²) in [6.07, 6.45) is 12.1. The lowest BCUT2D eigenvalue weighted by Crippen LogP contribution is -2.41. The summed E-state index contributed by atoms with van der Waals surface area (Å²) in [5.41, 5.74) is 0.207. The van der Waals surface area contributed by atoms with Gasteiger partial charge in [0.1, 0.15) is 0 Å². The number of hydrogen-bond acceptors (Lipinski definition) is 2. The highest BCUT2D eigenvalue weighted by atomic mass is 16.3. The molecule has 2 aliphatic carbocycles. The lowest BCUT2D eigenvalue weighted by atomic mass is 9.74. The highest BCUT2D eigenvalue weighted by Gasteiger charge is 2.31. The first-order chi connectivity index (χ1) is 8.74. The SMILES string of the molecule is CC1CCCC(CNCC2(CO)CCCCC2)C1. The number of nitrogens with one attached hydrogen (secondary N) is 1. The molecular formula is C16H31NO. The molecule has 0 heterocycles. The van der Waals surface area contributed by atoms with Crippen molar-refractivity contribution in [1.82, 2.24) is 5.32 Å². The van der Waals surface area contributed by atoms with Crippen LogP contribution < -0.4 is 5.32 Å². The van der Waals surface area contributed by atoms with Gasteiger partial charge in [-0.3, -0.25) is 0 Å². The van der Waals surface area contributed by atoms with E-state index in [1.54, 1.807) is 0 Å². The van der Waals surface area contributed by atoms with Gasteiger partial charge in [-0.25, -0.2) is 0 Å². The molecule has 2 atom stereocenters. The van der Waals surface area contributed by atoms with Crippen LogP contribution in [0, 0.1) is 17.3 Å². The second-order valence-electron chi connectivity index (χ2n) is 6.99. The first kappa shape index (κ1) is 14.3. The molecule has 0 aliphatic heterocycles. The smallest absolute Gasteiger partial charge is 0.0499 e. The van der Waals surface area contributed by atoms with Crippen molar-refractivity contribution in [3.63, 3.8) is 0 Å². The Morgan fingerprint density at radius 1 is 1.11 bits per heavy atom. The normalized spacial score (nSPS) is 32.3. The number of rotatable bonds is 5. The first-order valence-corrected chi connectivity index (χ1v) is 8.06. The topological polar surface area (TPSA) is 32.3 Å². The zero-order valence-corrected chi connectivity index (χ0v) is 12.1. The summed E-state index contributed by atoms with van der Waals surface area (Å²) in [6, 6.07) is 0. The van der Waals surface area contributed by atoms with Crippen LogP contribution in [0.25, 0.3) is 0 Å². The summed E-state index contributed by atoms with van der Waals surface area (Å²) in [7, 11) is 0. The summed E-state index contributed by atoms with van der Waals surface area (Å²) in [4.78, 5) is 0. The van der Waals surface area contributed by atoms with Gasteiger partial charge in [0.25, 0.3) is 0 Å². The third-order valence-corrected chi connectivity index (χ3v) is 5.23. The molecule has 0 spiro atoms. The molecule has 0 bridgehead atoms. The molecule has 2 rings (SSSR count). The Hall–Kier alpha value is -0.0800. The van der Waals surface area contributed by atoms with Gasteiger partial charge in [-0.05, 0) is 44.1 Å². The molecule has 0 aromatic rings. The van der Waals surface area contributed by atoms with Crippen LogP contribution in [0.1, 0.15) is 64.7 Å². The second-order valence-corrected chi connectivity index (χ2v) is 6.99. The van der Waals surface area contributed by atoms with Crippen LogP contribution in [0.4, 0.5) is 0 Å². The van der Waals surface area contributed by atoms with E-state index >= 15 is 0 Å². The minimum atomic E-state index is 0.207. The maximum absolute atomic E-state index is 9.68. The molecular weight excluding hydrogens is 222 g/mol. The fourth-order valence-corrected chi connectivity index (χ4v) is 3.98. The quantitative estimate of drug-likeness (QED) is 0.787. The van der Waals surface area contributed by atoms with Gasteiger partial charge in [-0.2, -0.15) is 0 Å². The van der Waals surface area contributed by atoms with E-state index in [9.17, 15) is 5.11 Å². The molecule has 2 saturated carbocycles. The fraction of sp³-hybridized carbons (Fsp3) is 1.00. The van der Waals surface area contributed by atoms with E-state index in [1.165, 1.54) is 64.3 Å². The van der Waals surface area contributed by atoms with Crippen molar-refractivity contribution in [2.45, 2.75) is 64.7 Å². The Labute approximate surface area is 113 Å². The van der Waals surface area contributed by atoms with Gasteiger partial charge in [0, 0.05) is 18.6 Å². The van der Waals surface area contributed by atoms with E-state index in [0.717, 1.165) is 18.4 Å². The highest BCUT2D eigenvalue weighted by molar-refractivity contribution is 4.85. The van der Waals surface area contributed by atoms with Gasteiger partial charge in [-0.1, -0.05) is 39.0 Å². The minimum absolute atomic E-state index is 0.207. The highest BCUT2D eigenvalue weighted by Crippen LogP contribution is 2.35. The van der Waals surface area contributed by atoms with Crippen LogP contribution in [0.5, 0.6) is 0 Å². The molecule has 0 aromatic heterocycles. The maximum Gasteiger partial charge on any atom is 0.0499 e. The molecule has 2 heteroatoms. The Kier molecular flexibility index (Phi) is 5.50. The van der Waals surface area contributed by atoms with Gasteiger partial charge < -0.3 is 10.4 Å². The number of aliphatic hydroxyl groups excluding tert-OH is 1. The van der Waals surface area contributed by atoms with E-state index in [-0.39, 0.29) is 5.41 Å².